The Labute approximate surface area is 104 Å². The Morgan fingerprint density at radius 2 is 2.13 bits per heavy atom. The van der Waals surface area contributed by atoms with E-state index >= 15 is 0 Å². The summed E-state index contributed by atoms with van der Waals surface area (Å²) >= 11 is 13.2. The number of thiophene rings is 1. The van der Waals surface area contributed by atoms with Gasteiger partial charge in [-0.25, -0.2) is 0 Å². The van der Waals surface area contributed by atoms with Crippen LogP contribution in [0.5, 0.6) is 0 Å². The number of rotatable bonds is 4. The minimum atomic E-state index is -0.722. The molecule has 2 nitrogen and oxygen atoms in total. The summed E-state index contributed by atoms with van der Waals surface area (Å²) in [5.74, 6) is 0. The maximum absolute atomic E-state index is 9.57. The van der Waals surface area contributed by atoms with Crippen molar-refractivity contribution in [1.29, 1.82) is 0 Å². The van der Waals surface area contributed by atoms with Crippen molar-refractivity contribution in [2.24, 2.45) is 0 Å². The van der Waals surface area contributed by atoms with Crippen LogP contribution in [0.1, 0.15) is 32.4 Å². The van der Waals surface area contributed by atoms with Crippen molar-refractivity contribution in [2.75, 3.05) is 6.54 Å². The highest BCUT2D eigenvalue weighted by Gasteiger charge is 2.17. The van der Waals surface area contributed by atoms with Gasteiger partial charge in [-0.2, -0.15) is 0 Å². The first-order valence-electron chi connectivity index (χ1n) is 4.70. The summed E-state index contributed by atoms with van der Waals surface area (Å²) in [6.45, 7) is 6.03. The van der Waals surface area contributed by atoms with Gasteiger partial charge >= 0.3 is 0 Å². The lowest BCUT2D eigenvalue weighted by atomic mass is 10.1. The highest BCUT2D eigenvalue weighted by Crippen LogP contribution is 2.34. The van der Waals surface area contributed by atoms with Crippen molar-refractivity contribution >= 4 is 34.5 Å². The molecule has 86 valence electrons. The fourth-order valence-corrected chi connectivity index (χ4v) is 2.81. The molecule has 0 spiro atoms. The van der Waals surface area contributed by atoms with Crippen LogP contribution >= 0.6 is 34.5 Å². The monoisotopic (exact) mass is 267 g/mol. The second kappa shape index (κ2) is 5.02. The molecule has 0 saturated carbocycles. The zero-order chi connectivity index (χ0) is 11.6. The van der Waals surface area contributed by atoms with Gasteiger partial charge in [0.1, 0.15) is 0 Å². The van der Waals surface area contributed by atoms with Gasteiger partial charge in [-0.05, 0) is 32.4 Å². The molecule has 0 bridgehead atoms. The Morgan fingerprint density at radius 1 is 1.53 bits per heavy atom. The molecule has 1 aromatic rings. The average Bonchev–Trinajstić information content (AvgIpc) is 2.40. The van der Waals surface area contributed by atoms with E-state index in [0.717, 1.165) is 5.56 Å². The van der Waals surface area contributed by atoms with Crippen LogP contribution in [0.2, 0.25) is 8.67 Å². The van der Waals surface area contributed by atoms with Gasteiger partial charge in [0, 0.05) is 12.6 Å². The van der Waals surface area contributed by atoms with E-state index in [1.165, 1.54) is 11.3 Å². The van der Waals surface area contributed by atoms with Gasteiger partial charge in [0.25, 0.3) is 0 Å². The molecule has 0 fully saturated rings. The van der Waals surface area contributed by atoms with Crippen LogP contribution in [-0.4, -0.2) is 17.3 Å². The minimum absolute atomic E-state index is 0.0904. The van der Waals surface area contributed by atoms with Crippen LogP contribution in [0.4, 0.5) is 0 Å². The molecule has 0 amide bonds. The van der Waals surface area contributed by atoms with E-state index in [1.807, 2.05) is 13.0 Å². The van der Waals surface area contributed by atoms with E-state index in [1.54, 1.807) is 13.8 Å². The van der Waals surface area contributed by atoms with Crippen LogP contribution in [0.15, 0.2) is 6.07 Å². The molecule has 15 heavy (non-hydrogen) atoms. The number of hydrogen-bond acceptors (Lipinski definition) is 3. The summed E-state index contributed by atoms with van der Waals surface area (Å²) in [6, 6.07) is 1.95. The molecule has 0 aromatic carbocycles. The zero-order valence-electron chi connectivity index (χ0n) is 8.97. The van der Waals surface area contributed by atoms with Gasteiger partial charge < -0.3 is 10.4 Å². The van der Waals surface area contributed by atoms with E-state index in [4.69, 9.17) is 23.2 Å². The lowest BCUT2D eigenvalue weighted by Gasteiger charge is -2.21. The predicted octanol–water partition coefficient (Wildman–Crippen LogP) is 3.48. The lowest BCUT2D eigenvalue weighted by molar-refractivity contribution is 0.0770. The van der Waals surface area contributed by atoms with Gasteiger partial charge in [-0.1, -0.05) is 23.2 Å². The Morgan fingerprint density at radius 3 is 2.53 bits per heavy atom. The third-order valence-corrected chi connectivity index (χ3v) is 3.51. The van der Waals surface area contributed by atoms with Gasteiger partial charge in [0.2, 0.25) is 0 Å². The summed E-state index contributed by atoms with van der Waals surface area (Å²) in [5, 5.41) is 12.8. The minimum Gasteiger partial charge on any atom is -0.389 e. The number of hydrogen-bond donors (Lipinski definition) is 2. The maximum Gasteiger partial charge on any atom is 0.0991 e. The molecule has 1 unspecified atom stereocenters. The van der Waals surface area contributed by atoms with Crippen LogP contribution in [0, 0.1) is 0 Å². The molecule has 5 heteroatoms. The second-order valence-corrected chi connectivity index (χ2v) is 6.48. The molecular formula is C10H15Cl2NOS. The molecule has 1 heterocycles. The van der Waals surface area contributed by atoms with Crippen molar-refractivity contribution < 1.29 is 5.11 Å². The smallest absolute Gasteiger partial charge is 0.0991 e. The zero-order valence-corrected chi connectivity index (χ0v) is 11.3. The maximum atomic E-state index is 9.57. The summed E-state index contributed by atoms with van der Waals surface area (Å²) in [6.07, 6.45) is 0. The first kappa shape index (κ1) is 13.3. The van der Waals surface area contributed by atoms with E-state index in [2.05, 4.69) is 5.32 Å². The molecule has 0 aliphatic heterocycles. The standard InChI is InChI=1S/C10H15Cl2NOS/c1-6(13-5-10(2,3)14)7-4-8(11)15-9(7)12/h4,6,13-14H,5H2,1-3H3. The van der Waals surface area contributed by atoms with Crippen molar-refractivity contribution in [3.05, 3.63) is 20.3 Å². The number of halogens is 2. The molecule has 0 aliphatic rings. The van der Waals surface area contributed by atoms with Crippen LogP contribution in [-0.2, 0) is 0 Å². The molecule has 2 N–H and O–H groups in total. The average molecular weight is 268 g/mol. The predicted molar refractivity (Wildman–Crippen MR) is 67.1 cm³/mol. The largest absolute Gasteiger partial charge is 0.389 e. The van der Waals surface area contributed by atoms with Gasteiger partial charge in [-0.15, -0.1) is 11.3 Å². The molecule has 0 aliphatic carbocycles. The van der Waals surface area contributed by atoms with Crippen molar-refractivity contribution in [3.63, 3.8) is 0 Å². The Kier molecular flexibility index (Phi) is 4.44. The normalized spacial score (nSPS) is 14.3. The van der Waals surface area contributed by atoms with Crippen LogP contribution in [0.25, 0.3) is 0 Å². The SMILES string of the molecule is CC(NCC(C)(C)O)c1cc(Cl)sc1Cl. The number of aliphatic hydroxyl groups is 1. The molecule has 0 saturated heterocycles. The highest BCUT2D eigenvalue weighted by atomic mass is 35.5. The molecular weight excluding hydrogens is 253 g/mol. The van der Waals surface area contributed by atoms with E-state index < -0.39 is 5.60 Å². The topological polar surface area (TPSA) is 32.3 Å². The fraction of sp³-hybridized carbons (Fsp3) is 0.600. The third-order valence-electron chi connectivity index (χ3n) is 1.99. The van der Waals surface area contributed by atoms with Gasteiger partial charge in [0.15, 0.2) is 0 Å². The number of nitrogens with one attached hydrogen (secondary N) is 1. The van der Waals surface area contributed by atoms with Crippen LogP contribution in [0.3, 0.4) is 0 Å². The Hall–Kier alpha value is 0.200. The summed E-state index contributed by atoms with van der Waals surface area (Å²) in [4.78, 5) is 0. The van der Waals surface area contributed by atoms with Crippen LogP contribution < -0.4 is 5.32 Å². The third kappa shape index (κ3) is 4.29. The Balaban J connectivity index is 2.61. The van der Waals surface area contributed by atoms with Crippen molar-refractivity contribution in [3.8, 4) is 0 Å². The summed E-state index contributed by atoms with van der Waals surface area (Å²) < 4.78 is 1.39. The molecule has 1 atom stereocenters. The summed E-state index contributed by atoms with van der Waals surface area (Å²) in [5.41, 5.74) is 0.261. The Bertz CT molecular complexity index is 333. The molecule has 1 aromatic heterocycles. The lowest BCUT2D eigenvalue weighted by Crippen LogP contribution is -2.36. The van der Waals surface area contributed by atoms with Crippen molar-refractivity contribution in [2.45, 2.75) is 32.4 Å². The first-order valence-corrected chi connectivity index (χ1v) is 6.27. The second-order valence-electron chi connectivity index (χ2n) is 4.19. The summed E-state index contributed by atoms with van der Waals surface area (Å²) in [7, 11) is 0. The van der Waals surface area contributed by atoms with E-state index in [9.17, 15) is 5.11 Å². The molecule has 0 radical (unpaired) electrons. The highest BCUT2D eigenvalue weighted by molar-refractivity contribution is 7.20. The van der Waals surface area contributed by atoms with Gasteiger partial charge in [0.05, 0.1) is 14.3 Å². The first-order chi connectivity index (χ1) is 6.79. The van der Waals surface area contributed by atoms with Crippen molar-refractivity contribution in [1.82, 2.24) is 5.32 Å². The van der Waals surface area contributed by atoms with E-state index in [-0.39, 0.29) is 6.04 Å². The fourth-order valence-electron chi connectivity index (χ4n) is 1.16. The quantitative estimate of drug-likeness (QED) is 0.876. The van der Waals surface area contributed by atoms with E-state index in [0.29, 0.717) is 15.2 Å². The molecule has 1 rings (SSSR count). The van der Waals surface area contributed by atoms with Gasteiger partial charge in [-0.3, -0.25) is 0 Å².